The molecule has 0 fully saturated rings. The number of aromatic nitrogens is 1. The van der Waals surface area contributed by atoms with Gasteiger partial charge in [0.25, 0.3) is 0 Å². The number of carbonyl (C=O) groups excluding carboxylic acids is 2. The van der Waals surface area contributed by atoms with Crippen molar-refractivity contribution in [1.82, 2.24) is 4.98 Å². The molecule has 28 heavy (non-hydrogen) atoms. The van der Waals surface area contributed by atoms with E-state index in [4.69, 9.17) is 4.74 Å². The van der Waals surface area contributed by atoms with Crippen molar-refractivity contribution in [2.45, 2.75) is 6.42 Å². The van der Waals surface area contributed by atoms with Crippen LogP contribution in [0.4, 0.5) is 0 Å². The number of hydrogen-bond donors (Lipinski definition) is 1. The standard InChI is InChI=1S/C22H21NO5/c1-26-21(24)19(22(25)27-2)13-15-7-9-17(10-8-15)28-12-11-16-14-23-20-6-4-3-5-18(16)20/h3-10,13-14,23H,11-12H2,1-2H3. The number of H-pyrrole nitrogens is 1. The monoisotopic (exact) mass is 379 g/mol. The maximum Gasteiger partial charge on any atom is 0.345 e. The summed E-state index contributed by atoms with van der Waals surface area (Å²) in [6.45, 7) is 0.534. The quantitative estimate of drug-likeness (QED) is 0.294. The summed E-state index contributed by atoms with van der Waals surface area (Å²) in [4.78, 5) is 26.7. The van der Waals surface area contributed by atoms with Crippen molar-refractivity contribution < 1.29 is 23.8 Å². The summed E-state index contributed by atoms with van der Waals surface area (Å²) < 4.78 is 15.0. The van der Waals surface area contributed by atoms with Crippen molar-refractivity contribution in [2.75, 3.05) is 20.8 Å². The van der Waals surface area contributed by atoms with Gasteiger partial charge in [-0.15, -0.1) is 0 Å². The molecule has 0 spiro atoms. The van der Waals surface area contributed by atoms with Crippen molar-refractivity contribution in [3.05, 3.63) is 71.4 Å². The molecule has 0 aliphatic heterocycles. The van der Waals surface area contributed by atoms with E-state index in [1.807, 2.05) is 24.4 Å². The Labute approximate surface area is 162 Å². The van der Waals surface area contributed by atoms with Crippen molar-refractivity contribution in [2.24, 2.45) is 0 Å². The van der Waals surface area contributed by atoms with Crippen LogP contribution in [0.5, 0.6) is 5.75 Å². The second-order valence-corrected chi connectivity index (χ2v) is 6.07. The number of nitrogens with one attached hydrogen (secondary N) is 1. The number of fused-ring (bicyclic) bond motifs is 1. The molecule has 0 radical (unpaired) electrons. The van der Waals surface area contributed by atoms with Crippen LogP contribution in [0, 0.1) is 0 Å². The molecule has 6 heteroatoms. The molecule has 0 aliphatic carbocycles. The number of hydrogen-bond acceptors (Lipinski definition) is 5. The first-order chi connectivity index (χ1) is 13.6. The number of methoxy groups -OCH3 is 2. The van der Waals surface area contributed by atoms with Gasteiger partial charge in [0.2, 0.25) is 0 Å². The van der Waals surface area contributed by atoms with Crippen LogP contribution in [0.25, 0.3) is 17.0 Å². The molecule has 1 heterocycles. The fourth-order valence-corrected chi connectivity index (χ4v) is 2.87. The predicted octanol–water partition coefficient (Wildman–Crippen LogP) is 3.52. The van der Waals surface area contributed by atoms with Crippen LogP contribution in [0.15, 0.2) is 60.3 Å². The van der Waals surface area contributed by atoms with Crippen molar-refractivity contribution >= 4 is 28.9 Å². The number of rotatable bonds is 7. The summed E-state index contributed by atoms with van der Waals surface area (Å²) in [5.74, 6) is -0.786. The molecule has 0 aliphatic rings. The van der Waals surface area contributed by atoms with E-state index in [1.54, 1.807) is 24.3 Å². The predicted molar refractivity (Wildman–Crippen MR) is 106 cm³/mol. The lowest BCUT2D eigenvalue weighted by Gasteiger charge is -2.07. The van der Waals surface area contributed by atoms with Gasteiger partial charge in [0.15, 0.2) is 0 Å². The third-order valence-electron chi connectivity index (χ3n) is 4.32. The Kier molecular flexibility index (Phi) is 6.11. The average molecular weight is 379 g/mol. The van der Waals surface area contributed by atoms with Crippen LogP contribution >= 0.6 is 0 Å². The van der Waals surface area contributed by atoms with Gasteiger partial charge < -0.3 is 19.2 Å². The second kappa shape index (κ2) is 8.90. The smallest absolute Gasteiger partial charge is 0.345 e. The molecule has 3 aromatic rings. The molecule has 1 aromatic heterocycles. The zero-order valence-corrected chi connectivity index (χ0v) is 15.7. The first-order valence-electron chi connectivity index (χ1n) is 8.78. The van der Waals surface area contributed by atoms with Crippen LogP contribution in [0.2, 0.25) is 0 Å². The van der Waals surface area contributed by atoms with Gasteiger partial charge in [-0.1, -0.05) is 30.3 Å². The van der Waals surface area contributed by atoms with Gasteiger partial charge in [-0.3, -0.25) is 0 Å². The molecule has 0 amide bonds. The molecule has 3 rings (SSSR count). The molecule has 0 unspecified atom stereocenters. The first kappa shape index (κ1) is 19.2. The number of para-hydroxylation sites is 1. The number of aromatic amines is 1. The number of benzene rings is 2. The van der Waals surface area contributed by atoms with E-state index in [0.29, 0.717) is 17.9 Å². The molecule has 0 bridgehead atoms. The van der Waals surface area contributed by atoms with Crippen LogP contribution in [0.1, 0.15) is 11.1 Å². The van der Waals surface area contributed by atoms with Gasteiger partial charge in [-0.25, -0.2) is 9.59 Å². The number of ether oxygens (including phenoxy) is 3. The number of carbonyl (C=O) groups is 2. The van der Waals surface area contributed by atoms with Gasteiger partial charge in [-0.2, -0.15) is 0 Å². The highest BCUT2D eigenvalue weighted by Gasteiger charge is 2.19. The van der Waals surface area contributed by atoms with Crippen LogP contribution in [0.3, 0.4) is 0 Å². The topological polar surface area (TPSA) is 77.6 Å². The van der Waals surface area contributed by atoms with E-state index >= 15 is 0 Å². The summed E-state index contributed by atoms with van der Waals surface area (Å²) in [5, 5.41) is 1.20. The van der Waals surface area contributed by atoms with E-state index in [9.17, 15) is 9.59 Å². The fourth-order valence-electron chi connectivity index (χ4n) is 2.87. The molecule has 0 saturated carbocycles. The minimum Gasteiger partial charge on any atom is -0.493 e. The highest BCUT2D eigenvalue weighted by molar-refractivity contribution is 6.17. The minimum atomic E-state index is -0.745. The molecule has 2 aromatic carbocycles. The summed E-state index contributed by atoms with van der Waals surface area (Å²) in [6, 6.07) is 15.2. The lowest BCUT2D eigenvalue weighted by molar-refractivity contribution is -0.143. The van der Waals surface area contributed by atoms with Gasteiger partial charge in [0.1, 0.15) is 11.3 Å². The zero-order chi connectivity index (χ0) is 19.9. The zero-order valence-electron chi connectivity index (χ0n) is 15.7. The Morgan fingerprint density at radius 2 is 1.64 bits per heavy atom. The van der Waals surface area contributed by atoms with Gasteiger partial charge >= 0.3 is 11.9 Å². The van der Waals surface area contributed by atoms with Crippen molar-refractivity contribution in [3.63, 3.8) is 0 Å². The summed E-state index contributed by atoms with van der Waals surface area (Å²) >= 11 is 0. The molecule has 1 N–H and O–H groups in total. The third-order valence-corrected chi connectivity index (χ3v) is 4.32. The SMILES string of the molecule is COC(=O)C(=Cc1ccc(OCCc2c[nH]c3ccccc23)cc1)C(=O)OC. The molecule has 0 saturated heterocycles. The second-order valence-electron chi connectivity index (χ2n) is 6.07. The first-order valence-corrected chi connectivity index (χ1v) is 8.78. The summed E-state index contributed by atoms with van der Waals surface area (Å²) in [5.41, 5.74) is 2.81. The Morgan fingerprint density at radius 3 is 2.32 bits per heavy atom. The highest BCUT2D eigenvalue weighted by atomic mass is 16.5. The van der Waals surface area contributed by atoms with E-state index < -0.39 is 11.9 Å². The molecule has 0 atom stereocenters. The highest BCUT2D eigenvalue weighted by Crippen LogP contribution is 2.19. The van der Waals surface area contributed by atoms with Crippen molar-refractivity contribution in [3.8, 4) is 5.75 Å². The van der Waals surface area contributed by atoms with Gasteiger partial charge in [0, 0.05) is 23.5 Å². The molecular formula is C22H21NO5. The normalized spacial score (nSPS) is 10.4. The van der Waals surface area contributed by atoms with Gasteiger partial charge in [0.05, 0.1) is 20.8 Å². The summed E-state index contributed by atoms with van der Waals surface area (Å²) in [6.07, 6.45) is 4.21. The van der Waals surface area contributed by atoms with Crippen LogP contribution < -0.4 is 4.74 Å². The fraction of sp³-hybridized carbons (Fsp3) is 0.182. The van der Waals surface area contributed by atoms with E-state index in [1.165, 1.54) is 31.2 Å². The Morgan fingerprint density at radius 1 is 0.964 bits per heavy atom. The average Bonchev–Trinajstić information content (AvgIpc) is 3.15. The number of esters is 2. The molecular weight excluding hydrogens is 358 g/mol. The van der Waals surface area contributed by atoms with E-state index in [0.717, 1.165) is 11.9 Å². The van der Waals surface area contributed by atoms with Crippen molar-refractivity contribution in [1.29, 1.82) is 0 Å². The minimum absolute atomic E-state index is 0.169. The van der Waals surface area contributed by atoms with E-state index in [2.05, 4.69) is 20.5 Å². The van der Waals surface area contributed by atoms with Gasteiger partial charge in [-0.05, 0) is 35.4 Å². The molecule has 144 valence electrons. The Bertz CT molecular complexity index is 983. The maximum atomic E-state index is 11.7. The third kappa shape index (κ3) is 4.40. The lowest BCUT2D eigenvalue weighted by Crippen LogP contribution is -2.15. The Balaban J connectivity index is 1.63. The van der Waals surface area contributed by atoms with E-state index in [-0.39, 0.29) is 5.57 Å². The Hall–Kier alpha value is -3.54. The molecule has 6 nitrogen and oxygen atoms in total. The lowest BCUT2D eigenvalue weighted by atomic mass is 10.1. The summed E-state index contributed by atoms with van der Waals surface area (Å²) in [7, 11) is 2.42. The largest absolute Gasteiger partial charge is 0.493 e. The van der Waals surface area contributed by atoms with Crippen LogP contribution in [-0.4, -0.2) is 37.7 Å². The van der Waals surface area contributed by atoms with Crippen LogP contribution in [-0.2, 0) is 25.5 Å². The maximum absolute atomic E-state index is 11.7.